The third kappa shape index (κ3) is 2.77. The number of amides is 1. The van der Waals surface area contributed by atoms with Gasteiger partial charge < -0.3 is 0 Å². The molecule has 1 N–H and O–H groups in total. The van der Waals surface area contributed by atoms with Gasteiger partial charge in [0.15, 0.2) is 0 Å². The van der Waals surface area contributed by atoms with Crippen molar-refractivity contribution in [2.45, 2.75) is 51.5 Å². The van der Waals surface area contributed by atoms with Crippen molar-refractivity contribution in [1.29, 1.82) is 0 Å². The predicted molar refractivity (Wildman–Crippen MR) is 101 cm³/mol. The Labute approximate surface area is 150 Å². The van der Waals surface area contributed by atoms with Crippen molar-refractivity contribution in [2.24, 2.45) is 0 Å². The fraction of sp³-hybridized carbons (Fsp3) is 0.409. The van der Waals surface area contributed by atoms with Crippen molar-refractivity contribution in [3.63, 3.8) is 0 Å². The van der Waals surface area contributed by atoms with E-state index in [4.69, 9.17) is 0 Å². The summed E-state index contributed by atoms with van der Waals surface area (Å²) in [6.45, 7) is 5.33. The minimum atomic E-state index is -0.188. The molecular weight excluding hydrogens is 308 g/mol. The van der Waals surface area contributed by atoms with Gasteiger partial charge in [0.2, 0.25) is 5.91 Å². The summed E-state index contributed by atoms with van der Waals surface area (Å²) in [5, 5.41) is 2.07. The van der Waals surface area contributed by atoms with E-state index in [1.54, 1.807) is 0 Å². The second kappa shape index (κ2) is 6.64. The predicted octanol–water partition coefficient (Wildman–Crippen LogP) is 4.27. The summed E-state index contributed by atoms with van der Waals surface area (Å²) in [4.78, 5) is 13.2. The first-order chi connectivity index (χ1) is 12.2. The lowest BCUT2D eigenvalue weighted by molar-refractivity contribution is -0.130. The smallest absolute Gasteiger partial charge is 0.246 e. The van der Waals surface area contributed by atoms with Gasteiger partial charge in [-0.3, -0.25) is 10.2 Å². The summed E-state index contributed by atoms with van der Waals surface area (Å²) < 4.78 is 0. The number of hydrazine groups is 1. The largest absolute Gasteiger partial charge is 0.288 e. The van der Waals surface area contributed by atoms with Gasteiger partial charge in [-0.25, -0.2) is 5.01 Å². The maximum Gasteiger partial charge on any atom is 0.246 e. The van der Waals surface area contributed by atoms with E-state index in [1.807, 2.05) is 6.07 Å². The summed E-state index contributed by atoms with van der Waals surface area (Å²) in [7, 11) is 0. The van der Waals surface area contributed by atoms with Crippen molar-refractivity contribution in [3.8, 4) is 11.1 Å². The van der Waals surface area contributed by atoms with Gasteiger partial charge in [-0.15, -0.1) is 0 Å². The highest BCUT2D eigenvalue weighted by molar-refractivity contribution is 5.96. The molecule has 0 saturated carbocycles. The van der Waals surface area contributed by atoms with Crippen molar-refractivity contribution in [2.75, 3.05) is 6.54 Å². The van der Waals surface area contributed by atoms with E-state index in [0.29, 0.717) is 6.04 Å². The molecule has 1 saturated heterocycles. The Balaban J connectivity index is 1.74. The summed E-state index contributed by atoms with van der Waals surface area (Å²) in [5.74, 6) is -0.0752. The zero-order chi connectivity index (χ0) is 17.4. The number of unbranched alkanes of at least 4 members (excludes halogenated alkanes) is 1. The van der Waals surface area contributed by atoms with Crippen molar-refractivity contribution < 1.29 is 4.79 Å². The molecule has 2 unspecified atom stereocenters. The van der Waals surface area contributed by atoms with Crippen molar-refractivity contribution in [3.05, 3.63) is 59.2 Å². The number of aryl methyl sites for hydroxylation is 1. The lowest BCUT2D eigenvalue weighted by Gasteiger charge is -2.39. The molecule has 25 heavy (non-hydrogen) atoms. The first-order valence-corrected chi connectivity index (χ1v) is 9.49. The number of hydrogen-bond acceptors (Lipinski definition) is 2. The highest BCUT2D eigenvalue weighted by Crippen LogP contribution is 2.46. The molecule has 1 heterocycles. The molecule has 2 atom stereocenters. The van der Waals surface area contributed by atoms with E-state index in [2.05, 4.69) is 60.7 Å². The highest BCUT2D eigenvalue weighted by Gasteiger charge is 2.37. The van der Waals surface area contributed by atoms with E-state index in [9.17, 15) is 4.79 Å². The summed E-state index contributed by atoms with van der Waals surface area (Å²) >= 11 is 0. The molecule has 2 aromatic rings. The van der Waals surface area contributed by atoms with Crippen LogP contribution in [0, 0.1) is 0 Å². The Morgan fingerprint density at radius 3 is 2.68 bits per heavy atom. The zero-order valence-electron chi connectivity index (χ0n) is 15.1. The van der Waals surface area contributed by atoms with Crippen LogP contribution in [0.2, 0.25) is 0 Å². The average Bonchev–Trinajstić information content (AvgIpc) is 2.98. The second-order valence-corrected chi connectivity index (χ2v) is 7.31. The van der Waals surface area contributed by atoms with Crippen LogP contribution in [-0.4, -0.2) is 23.5 Å². The molecule has 3 heteroatoms. The monoisotopic (exact) mass is 334 g/mol. The molecule has 2 aromatic carbocycles. The van der Waals surface area contributed by atoms with Crippen molar-refractivity contribution in [1.82, 2.24) is 10.4 Å². The molecule has 0 radical (unpaired) electrons. The first kappa shape index (κ1) is 16.3. The molecule has 2 aliphatic rings. The summed E-state index contributed by atoms with van der Waals surface area (Å²) in [6, 6.07) is 15.3. The summed E-state index contributed by atoms with van der Waals surface area (Å²) in [6.07, 6.45) is 4.51. The minimum Gasteiger partial charge on any atom is -0.288 e. The van der Waals surface area contributed by atoms with Crippen LogP contribution in [0.4, 0.5) is 0 Å². The Hall–Kier alpha value is -2.13. The minimum absolute atomic E-state index is 0.113. The van der Waals surface area contributed by atoms with Gasteiger partial charge in [-0.2, -0.15) is 0 Å². The standard InChI is InChI=1S/C22H26N2O/c1-3-4-8-16-9-7-12-18-17-10-5-6-11-19(17)21(20(16)18)22(25)23-24-14-13-15(24)2/h5-7,9-12,15,21H,3-4,8,13-14H2,1-2H3,(H,23,25). The van der Waals surface area contributed by atoms with E-state index < -0.39 is 0 Å². The van der Waals surface area contributed by atoms with Gasteiger partial charge in [0.1, 0.15) is 0 Å². The van der Waals surface area contributed by atoms with Crippen LogP contribution < -0.4 is 5.43 Å². The van der Waals surface area contributed by atoms with Crippen LogP contribution in [0.15, 0.2) is 42.5 Å². The van der Waals surface area contributed by atoms with Crippen LogP contribution in [0.1, 0.15) is 55.7 Å². The van der Waals surface area contributed by atoms with Crippen LogP contribution >= 0.6 is 0 Å². The van der Waals surface area contributed by atoms with E-state index >= 15 is 0 Å². The van der Waals surface area contributed by atoms with E-state index in [1.165, 1.54) is 28.7 Å². The molecule has 1 aliphatic carbocycles. The Kier molecular flexibility index (Phi) is 4.34. The lowest BCUT2D eigenvalue weighted by atomic mass is 9.90. The van der Waals surface area contributed by atoms with Crippen molar-refractivity contribution >= 4 is 5.91 Å². The second-order valence-electron chi connectivity index (χ2n) is 7.31. The molecule has 1 aliphatic heterocycles. The molecule has 0 aromatic heterocycles. The first-order valence-electron chi connectivity index (χ1n) is 9.49. The number of nitrogens with zero attached hydrogens (tertiary/aromatic N) is 1. The molecule has 4 rings (SSSR count). The van der Waals surface area contributed by atoms with E-state index in [0.717, 1.165) is 31.4 Å². The topological polar surface area (TPSA) is 32.3 Å². The normalized spacial score (nSPS) is 21.4. The number of benzene rings is 2. The highest BCUT2D eigenvalue weighted by atomic mass is 16.2. The Bertz CT molecular complexity index is 798. The molecule has 130 valence electrons. The quantitative estimate of drug-likeness (QED) is 0.886. The third-order valence-corrected chi connectivity index (χ3v) is 5.68. The van der Waals surface area contributed by atoms with Crippen LogP contribution in [0.5, 0.6) is 0 Å². The zero-order valence-corrected chi connectivity index (χ0v) is 15.1. The number of carbonyl (C=O) groups is 1. The van der Waals surface area contributed by atoms with Gasteiger partial charge >= 0.3 is 0 Å². The van der Waals surface area contributed by atoms with E-state index in [-0.39, 0.29) is 11.8 Å². The number of hydrogen-bond donors (Lipinski definition) is 1. The molecule has 0 spiro atoms. The van der Waals surface area contributed by atoms with Gasteiger partial charge in [0.25, 0.3) is 0 Å². The maximum atomic E-state index is 13.2. The third-order valence-electron chi connectivity index (χ3n) is 5.68. The molecule has 1 fully saturated rings. The molecule has 0 bridgehead atoms. The van der Waals surface area contributed by atoms with Crippen LogP contribution in [0.25, 0.3) is 11.1 Å². The maximum absolute atomic E-state index is 13.2. The van der Waals surface area contributed by atoms with Gasteiger partial charge in [0, 0.05) is 12.6 Å². The van der Waals surface area contributed by atoms with Gasteiger partial charge in [-0.1, -0.05) is 55.8 Å². The van der Waals surface area contributed by atoms with Gasteiger partial charge in [-0.05, 0) is 54.0 Å². The fourth-order valence-corrected chi connectivity index (χ4v) is 4.08. The number of nitrogens with one attached hydrogen (secondary N) is 1. The number of fused-ring (bicyclic) bond motifs is 3. The van der Waals surface area contributed by atoms with Crippen LogP contribution in [-0.2, 0) is 11.2 Å². The number of rotatable bonds is 5. The molecular formula is C22H26N2O. The molecule has 1 amide bonds. The Morgan fingerprint density at radius 1 is 1.16 bits per heavy atom. The molecule has 3 nitrogen and oxygen atoms in total. The SMILES string of the molecule is CCCCc1cccc2c1C(C(=O)NN1CCC1C)c1ccccc1-2. The Morgan fingerprint density at radius 2 is 1.96 bits per heavy atom. The lowest BCUT2D eigenvalue weighted by Crippen LogP contribution is -2.56. The number of carbonyl (C=O) groups excluding carboxylic acids is 1. The average molecular weight is 334 g/mol. The fourth-order valence-electron chi connectivity index (χ4n) is 4.08. The van der Waals surface area contributed by atoms with Crippen LogP contribution in [0.3, 0.4) is 0 Å². The van der Waals surface area contributed by atoms with Gasteiger partial charge in [0.05, 0.1) is 5.92 Å². The summed E-state index contributed by atoms with van der Waals surface area (Å²) in [5.41, 5.74) is 9.32.